The maximum Gasteiger partial charge on any atom is 0.305 e. The lowest BCUT2D eigenvalue weighted by Gasteiger charge is -2.29. The van der Waals surface area contributed by atoms with Crippen LogP contribution in [0.4, 0.5) is 0 Å². The number of carbonyl (C=O) groups is 2. The second-order valence-corrected chi connectivity index (χ2v) is 5.12. The molecule has 0 aromatic carbocycles. The number of carboxylic acids is 1. The van der Waals surface area contributed by atoms with Crippen LogP contribution < -0.4 is 0 Å². The van der Waals surface area contributed by atoms with Crippen molar-refractivity contribution in [3.8, 4) is 0 Å². The Morgan fingerprint density at radius 1 is 1.33 bits per heavy atom. The van der Waals surface area contributed by atoms with Crippen LogP contribution in [-0.2, 0) is 9.59 Å². The van der Waals surface area contributed by atoms with E-state index in [2.05, 4.69) is 0 Å². The largest absolute Gasteiger partial charge is 0.481 e. The van der Waals surface area contributed by atoms with Crippen molar-refractivity contribution in [1.29, 1.82) is 0 Å². The lowest BCUT2D eigenvalue weighted by molar-refractivity contribution is -0.142. The smallest absolute Gasteiger partial charge is 0.305 e. The summed E-state index contributed by atoms with van der Waals surface area (Å²) in [5.74, 6) is -0.784. The fourth-order valence-corrected chi connectivity index (χ4v) is 1.48. The molecule has 0 spiro atoms. The molecule has 0 unspecified atom stereocenters. The summed E-state index contributed by atoms with van der Waals surface area (Å²) in [7, 11) is 0. The van der Waals surface area contributed by atoms with E-state index in [1.165, 1.54) is 0 Å². The van der Waals surface area contributed by atoms with E-state index in [0.717, 1.165) is 12.8 Å². The van der Waals surface area contributed by atoms with Crippen molar-refractivity contribution < 1.29 is 14.7 Å². The first-order chi connectivity index (χ1) is 6.82. The summed E-state index contributed by atoms with van der Waals surface area (Å²) in [6, 6.07) is 0.288. The van der Waals surface area contributed by atoms with E-state index < -0.39 is 11.4 Å². The standard InChI is InChI=1S/C11H19NO3/c1-11(2,3)10(15)12(8-4-5-8)7-6-9(13)14/h8H,4-7H2,1-3H3,(H,13,14). The monoisotopic (exact) mass is 213 g/mol. The minimum absolute atomic E-state index is 0.0400. The van der Waals surface area contributed by atoms with Gasteiger partial charge in [-0.15, -0.1) is 0 Å². The van der Waals surface area contributed by atoms with Crippen molar-refractivity contribution in [2.24, 2.45) is 5.41 Å². The van der Waals surface area contributed by atoms with Gasteiger partial charge in [0.2, 0.25) is 5.91 Å². The minimum Gasteiger partial charge on any atom is -0.481 e. The van der Waals surface area contributed by atoms with E-state index in [1.807, 2.05) is 20.8 Å². The molecule has 4 nitrogen and oxygen atoms in total. The highest BCUT2D eigenvalue weighted by Crippen LogP contribution is 2.30. The highest BCUT2D eigenvalue weighted by molar-refractivity contribution is 5.82. The number of hydrogen-bond acceptors (Lipinski definition) is 2. The zero-order chi connectivity index (χ0) is 11.6. The Labute approximate surface area is 90.3 Å². The average Bonchev–Trinajstić information content (AvgIpc) is 2.85. The van der Waals surface area contributed by atoms with E-state index in [4.69, 9.17) is 5.11 Å². The Kier molecular flexibility index (Phi) is 3.37. The fourth-order valence-electron chi connectivity index (χ4n) is 1.48. The predicted octanol–water partition coefficient (Wildman–Crippen LogP) is 1.50. The molecule has 0 aliphatic heterocycles. The quantitative estimate of drug-likeness (QED) is 0.769. The van der Waals surface area contributed by atoms with E-state index in [-0.39, 0.29) is 18.4 Å². The molecule has 1 amide bonds. The molecule has 15 heavy (non-hydrogen) atoms. The van der Waals surface area contributed by atoms with Gasteiger partial charge in [-0.3, -0.25) is 9.59 Å². The number of rotatable bonds is 4. The van der Waals surface area contributed by atoms with Gasteiger partial charge >= 0.3 is 5.97 Å². The number of carbonyl (C=O) groups excluding carboxylic acids is 1. The van der Waals surface area contributed by atoms with Crippen molar-refractivity contribution in [2.75, 3.05) is 6.54 Å². The molecule has 86 valence electrons. The van der Waals surface area contributed by atoms with Crippen LogP contribution in [0.1, 0.15) is 40.0 Å². The van der Waals surface area contributed by atoms with Gasteiger partial charge in [0.1, 0.15) is 0 Å². The van der Waals surface area contributed by atoms with E-state index in [0.29, 0.717) is 6.54 Å². The third-order valence-electron chi connectivity index (χ3n) is 2.46. The molecule has 1 saturated carbocycles. The van der Waals surface area contributed by atoms with Crippen LogP contribution >= 0.6 is 0 Å². The molecule has 1 fully saturated rings. The summed E-state index contributed by atoms with van der Waals surface area (Å²) in [4.78, 5) is 24.2. The second kappa shape index (κ2) is 4.21. The molecule has 0 bridgehead atoms. The number of nitrogens with zero attached hydrogens (tertiary/aromatic N) is 1. The predicted molar refractivity (Wildman–Crippen MR) is 56.4 cm³/mol. The van der Waals surface area contributed by atoms with Crippen LogP contribution in [0.5, 0.6) is 0 Å². The van der Waals surface area contributed by atoms with Crippen LogP contribution in [0.3, 0.4) is 0 Å². The van der Waals surface area contributed by atoms with Crippen LogP contribution in [-0.4, -0.2) is 34.5 Å². The van der Waals surface area contributed by atoms with Crippen molar-refractivity contribution in [3.63, 3.8) is 0 Å². The fraction of sp³-hybridized carbons (Fsp3) is 0.818. The van der Waals surface area contributed by atoms with Crippen LogP contribution in [0, 0.1) is 5.41 Å². The van der Waals surface area contributed by atoms with Gasteiger partial charge in [0, 0.05) is 18.0 Å². The van der Waals surface area contributed by atoms with Gasteiger partial charge in [0.15, 0.2) is 0 Å². The first kappa shape index (κ1) is 12.0. The van der Waals surface area contributed by atoms with Crippen molar-refractivity contribution in [1.82, 2.24) is 4.90 Å². The maximum absolute atomic E-state index is 12.0. The molecule has 0 heterocycles. The van der Waals surface area contributed by atoms with Crippen molar-refractivity contribution in [2.45, 2.75) is 46.1 Å². The maximum atomic E-state index is 12.0. The minimum atomic E-state index is -0.845. The molecular formula is C11H19NO3. The molecule has 0 atom stereocenters. The summed E-state index contributed by atoms with van der Waals surface area (Å²) < 4.78 is 0. The zero-order valence-corrected chi connectivity index (χ0v) is 9.62. The summed E-state index contributed by atoms with van der Waals surface area (Å²) in [5.41, 5.74) is -0.416. The van der Waals surface area contributed by atoms with Gasteiger partial charge in [0.25, 0.3) is 0 Å². The second-order valence-electron chi connectivity index (χ2n) is 5.12. The molecule has 0 radical (unpaired) electrons. The van der Waals surface area contributed by atoms with Gasteiger partial charge in [-0.2, -0.15) is 0 Å². The number of hydrogen-bond donors (Lipinski definition) is 1. The Morgan fingerprint density at radius 2 is 1.87 bits per heavy atom. The molecular weight excluding hydrogens is 194 g/mol. The zero-order valence-electron chi connectivity index (χ0n) is 9.62. The van der Waals surface area contributed by atoms with Crippen molar-refractivity contribution in [3.05, 3.63) is 0 Å². The SMILES string of the molecule is CC(C)(C)C(=O)N(CCC(=O)O)C1CC1. The van der Waals surface area contributed by atoms with Gasteiger partial charge < -0.3 is 10.0 Å². The molecule has 4 heteroatoms. The number of amides is 1. The first-order valence-electron chi connectivity index (χ1n) is 5.35. The molecule has 0 aromatic heterocycles. The Balaban J connectivity index is 2.57. The summed E-state index contributed by atoms with van der Waals surface area (Å²) in [5, 5.41) is 8.61. The number of aliphatic carboxylic acids is 1. The molecule has 1 aliphatic carbocycles. The molecule has 1 aliphatic rings. The topological polar surface area (TPSA) is 57.6 Å². The van der Waals surface area contributed by atoms with E-state index in [9.17, 15) is 9.59 Å². The van der Waals surface area contributed by atoms with Crippen LogP contribution in [0.15, 0.2) is 0 Å². The van der Waals surface area contributed by atoms with E-state index >= 15 is 0 Å². The van der Waals surface area contributed by atoms with Gasteiger partial charge in [0.05, 0.1) is 6.42 Å². The Morgan fingerprint density at radius 3 is 2.20 bits per heavy atom. The highest BCUT2D eigenvalue weighted by Gasteiger charge is 2.37. The lowest BCUT2D eigenvalue weighted by Crippen LogP contribution is -2.42. The molecule has 0 aromatic rings. The summed E-state index contributed by atoms with van der Waals surface area (Å²) >= 11 is 0. The number of carboxylic acid groups (broad SMARTS) is 1. The summed E-state index contributed by atoms with van der Waals surface area (Å²) in [6.07, 6.45) is 2.07. The third-order valence-corrected chi connectivity index (χ3v) is 2.46. The van der Waals surface area contributed by atoms with Gasteiger partial charge in [-0.1, -0.05) is 20.8 Å². The molecule has 1 N–H and O–H groups in total. The Bertz CT molecular complexity index is 263. The van der Waals surface area contributed by atoms with Crippen LogP contribution in [0.2, 0.25) is 0 Å². The highest BCUT2D eigenvalue weighted by atomic mass is 16.4. The van der Waals surface area contributed by atoms with E-state index in [1.54, 1.807) is 4.90 Å². The third kappa shape index (κ3) is 3.53. The normalized spacial score (nSPS) is 16.2. The Hall–Kier alpha value is -1.06. The van der Waals surface area contributed by atoms with Gasteiger partial charge in [-0.25, -0.2) is 0 Å². The van der Waals surface area contributed by atoms with Gasteiger partial charge in [-0.05, 0) is 12.8 Å². The van der Waals surface area contributed by atoms with Crippen LogP contribution in [0.25, 0.3) is 0 Å². The molecule has 1 rings (SSSR count). The van der Waals surface area contributed by atoms with Crippen molar-refractivity contribution >= 4 is 11.9 Å². The first-order valence-corrected chi connectivity index (χ1v) is 5.35. The lowest BCUT2D eigenvalue weighted by atomic mass is 9.94. The summed E-state index contributed by atoms with van der Waals surface area (Å²) in [6.45, 7) is 5.94. The average molecular weight is 213 g/mol. The molecule has 0 saturated heterocycles.